The molecule has 0 spiro atoms. The lowest BCUT2D eigenvalue weighted by molar-refractivity contribution is -0.139. The molecule has 7 nitrogen and oxygen atoms in total. The number of rotatable bonds is 9. The van der Waals surface area contributed by atoms with E-state index in [0.29, 0.717) is 10.7 Å². The minimum Gasteiger partial charge on any atom is -0.352 e. The number of hydrogen-bond acceptors (Lipinski definition) is 4. The Morgan fingerprint density at radius 2 is 1.74 bits per heavy atom. The number of nitrogens with one attached hydrogen (secondary N) is 1. The fourth-order valence-electron chi connectivity index (χ4n) is 4.33. The van der Waals surface area contributed by atoms with Crippen LogP contribution in [0.1, 0.15) is 50.2 Å². The van der Waals surface area contributed by atoms with Crippen molar-refractivity contribution in [3.63, 3.8) is 0 Å². The molecule has 0 bridgehead atoms. The van der Waals surface area contributed by atoms with E-state index >= 15 is 0 Å². The number of benzene rings is 2. The van der Waals surface area contributed by atoms with Gasteiger partial charge >= 0.3 is 0 Å². The monoisotopic (exact) mass is 519 g/mol. The Bertz CT molecular complexity index is 1130. The highest BCUT2D eigenvalue weighted by Crippen LogP contribution is 2.21. The van der Waals surface area contributed by atoms with Crippen LogP contribution in [0.5, 0.6) is 0 Å². The third-order valence-corrected chi connectivity index (χ3v) is 7.75. The van der Waals surface area contributed by atoms with Gasteiger partial charge in [0.15, 0.2) is 0 Å². The number of carbonyl (C=O) groups excluding carboxylic acids is 2. The second-order valence-electron chi connectivity index (χ2n) is 9.28. The van der Waals surface area contributed by atoms with E-state index in [9.17, 15) is 18.0 Å². The highest BCUT2D eigenvalue weighted by atomic mass is 35.5. The molecule has 1 N–H and O–H groups in total. The Hall–Kier alpha value is -2.58. The highest BCUT2D eigenvalue weighted by molar-refractivity contribution is 7.92. The molecule has 0 unspecified atom stereocenters. The molecule has 1 fully saturated rings. The van der Waals surface area contributed by atoms with Crippen LogP contribution >= 0.6 is 11.6 Å². The first-order valence-electron chi connectivity index (χ1n) is 11.9. The Balaban J connectivity index is 1.86. The molecule has 0 aromatic heterocycles. The number of aryl methyl sites for hydroxylation is 1. The molecule has 3 rings (SSSR count). The molecule has 1 saturated carbocycles. The van der Waals surface area contributed by atoms with Gasteiger partial charge in [-0.3, -0.25) is 13.9 Å². The topological polar surface area (TPSA) is 86.8 Å². The maximum atomic E-state index is 13.6. The summed E-state index contributed by atoms with van der Waals surface area (Å²) in [6.07, 6.45) is 6.26. The van der Waals surface area contributed by atoms with Crippen molar-refractivity contribution in [1.29, 1.82) is 0 Å². The molecule has 0 saturated heterocycles. The average molecular weight is 520 g/mol. The molecule has 0 aliphatic heterocycles. The van der Waals surface area contributed by atoms with Crippen LogP contribution in [0.3, 0.4) is 0 Å². The first-order chi connectivity index (χ1) is 16.5. The minimum absolute atomic E-state index is 0.103. The number of amides is 2. The number of carbonyl (C=O) groups is 2. The van der Waals surface area contributed by atoms with Crippen LogP contribution in [0.25, 0.3) is 0 Å². The van der Waals surface area contributed by atoms with Crippen LogP contribution in [-0.4, -0.2) is 50.0 Å². The zero-order valence-electron chi connectivity index (χ0n) is 20.5. The Labute approximate surface area is 213 Å². The van der Waals surface area contributed by atoms with Gasteiger partial charge in [0, 0.05) is 17.6 Å². The molecule has 190 valence electrons. The molecule has 1 aliphatic rings. The van der Waals surface area contributed by atoms with E-state index in [2.05, 4.69) is 5.32 Å². The first-order valence-corrected chi connectivity index (χ1v) is 14.2. The number of anilines is 1. The SMILES string of the molecule is Cc1cccc(N(CC(=O)N(Cc2ccc(Cl)cc2)[C@@H](C)C(=O)NC2CCCCC2)S(C)(=O)=O)c1. The van der Waals surface area contributed by atoms with Crippen molar-refractivity contribution in [1.82, 2.24) is 10.2 Å². The van der Waals surface area contributed by atoms with Crippen molar-refractivity contribution >= 4 is 39.1 Å². The Morgan fingerprint density at radius 1 is 1.09 bits per heavy atom. The van der Waals surface area contributed by atoms with E-state index in [1.807, 2.05) is 13.0 Å². The Kier molecular flexibility index (Phi) is 9.19. The van der Waals surface area contributed by atoms with Crippen molar-refractivity contribution in [3.05, 3.63) is 64.7 Å². The predicted molar refractivity (Wildman–Crippen MR) is 140 cm³/mol. The fraction of sp³-hybridized carbons (Fsp3) is 0.462. The maximum Gasteiger partial charge on any atom is 0.244 e. The molecule has 2 aromatic carbocycles. The van der Waals surface area contributed by atoms with Gasteiger partial charge in [-0.05, 0) is 62.1 Å². The lowest BCUT2D eigenvalue weighted by Gasteiger charge is -2.33. The molecule has 2 aromatic rings. The van der Waals surface area contributed by atoms with E-state index in [1.54, 1.807) is 49.4 Å². The standard InChI is InChI=1S/C26H34ClN3O4S/c1-19-8-7-11-24(16-19)30(35(3,33)34)18-25(31)29(17-21-12-14-22(27)15-13-21)20(2)26(32)28-23-9-5-4-6-10-23/h7-8,11-16,20,23H,4-6,9-10,17-18H2,1-3H3,(H,28,32)/t20-/m0/s1. The molecular weight excluding hydrogens is 486 g/mol. The summed E-state index contributed by atoms with van der Waals surface area (Å²) in [5, 5.41) is 3.65. The third-order valence-electron chi connectivity index (χ3n) is 6.35. The largest absolute Gasteiger partial charge is 0.352 e. The lowest BCUT2D eigenvalue weighted by atomic mass is 9.95. The third kappa shape index (κ3) is 7.70. The van der Waals surface area contributed by atoms with Crippen molar-refractivity contribution in [2.75, 3.05) is 17.1 Å². The smallest absolute Gasteiger partial charge is 0.244 e. The van der Waals surface area contributed by atoms with Gasteiger partial charge in [0.2, 0.25) is 21.8 Å². The van der Waals surface area contributed by atoms with E-state index < -0.39 is 28.5 Å². The summed E-state index contributed by atoms with van der Waals surface area (Å²) in [7, 11) is -3.74. The fourth-order valence-corrected chi connectivity index (χ4v) is 5.30. The molecule has 0 heterocycles. The van der Waals surface area contributed by atoms with Crippen LogP contribution in [-0.2, 0) is 26.2 Å². The zero-order chi connectivity index (χ0) is 25.6. The summed E-state index contributed by atoms with van der Waals surface area (Å²) >= 11 is 6.01. The molecular formula is C26H34ClN3O4S. The van der Waals surface area contributed by atoms with Gasteiger partial charge in [-0.25, -0.2) is 8.42 Å². The molecule has 0 radical (unpaired) electrons. The van der Waals surface area contributed by atoms with Crippen LogP contribution in [0.15, 0.2) is 48.5 Å². The van der Waals surface area contributed by atoms with Gasteiger partial charge in [0.25, 0.3) is 0 Å². The normalized spacial score (nSPS) is 15.3. The zero-order valence-corrected chi connectivity index (χ0v) is 22.1. The molecule has 2 amide bonds. The summed E-state index contributed by atoms with van der Waals surface area (Å²) in [5.74, 6) is -0.696. The lowest BCUT2D eigenvalue weighted by Crippen LogP contribution is -2.52. The van der Waals surface area contributed by atoms with Gasteiger partial charge < -0.3 is 10.2 Å². The van der Waals surface area contributed by atoms with Gasteiger partial charge in [0.1, 0.15) is 12.6 Å². The first kappa shape index (κ1) is 27.0. The minimum atomic E-state index is -3.74. The second kappa shape index (κ2) is 11.9. The van der Waals surface area contributed by atoms with Crippen molar-refractivity contribution in [3.8, 4) is 0 Å². The number of nitrogens with zero attached hydrogens (tertiary/aromatic N) is 2. The summed E-state index contributed by atoms with van der Waals surface area (Å²) < 4.78 is 26.3. The van der Waals surface area contributed by atoms with Crippen molar-refractivity contribution < 1.29 is 18.0 Å². The van der Waals surface area contributed by atoms with E-state index in [4.69, 9.17) is 11.6 Å². The molecule has 35 heavy (non-hydrogen) atoms. The van der Waals surface area contributed by atoms with Gasteiger partial charge in [-0.15, -0.1) is 0 Å². The van der Waals surface area contributed by atoms with Gasteiger partial charge in [-0.1, -0.05) is 55.1 Å². The second-order valence-corrected chi connectivity index (χ2v) is 11.6. The van der Waals surface area contributed by atoms with E-state index in [-0.39, 0.29) is 18.5 Å². The quantitative estimate of drug-likeness (QED) is 0.535. The maximum absolute atomic E-state index is 13.6. The number of halogens is 1. The van der Waals surface area contributed by atoms with E-state index in [0.717, 1.165) is 47.4 Å². The van der Waals surface area contributed by atoms with Crippen LogP contribution in [0.4, 0.5) is 5.69 Å². The summed E-state index contributed by atoms with van der Waals surface area (Å²) in [5.41, 5.74) is 2.08. The average Bonchev–Trinajstić information content (AvgIpc) is 2.81. The van der Waals surface area contributed by atoms with Crippen LogP contribution in [0.2, 0.25) is 5.02 Å². The molecule has 1 aliphatic carbocycles. The number of sulfonamides is 1. The van der Waals surface area contributed by atoms with Crippen molar-refractivity contribution in [2.45, 2.75) is 64.6 Å². The summed E-state index contributed by atoms with van der Waals surface area (Å²) in [4.78, 5) is 28.2. The summed E-state index contributed by atoms with van der Waals surface area (Å²) in [6, 6.07) is 13.3. The van der Waals surface area contributed by atoms with Gasteiger partial charge in [-0.2, -0.15) is 0 Å². The highest BCUT2D eigenvalue weighted by Gasteiger charge is 2.31. The van der Waals surface area contributed by atoms with Crippen LogP contribution in [0, 0.1) is 6.92 Å². The van der Waals surface area contributed by atoms with Crippen molar-refractivity contribution in [2.24, 2.45) is 0 Å². The van der Waals surface area contributed by atoms with Gasteiger partial charge in [0.05, 0.1) is 11.9 Å². The summed E-state index contributed by atoms with van der Waals surface area (Å²) in [6.45, 7) is 3.29. The Morgan fingerprint density at radius 3 is 2.34 bits per heavy atom. The predicted octanol–water partition coefficient (Wildman–Crippen LogP) is 4.28. The molecule has 9 heteroatoms. The van der Waals surface area contributed by atoms with Crippen LogP contribution < -0.4 is 9.62 Å². The molecule has 1 atom stereocenters. The van der Waals surface area contributed by atoms with E-state index in [1.165, 1.54) is 11.3 Å². The number of hydrogen-bond donors (Lipinski definition) is 1.